The average molecular weight is 292 g/mol. The molecule has 3 rings (SSSR count). The smallest absolute Gasteiger partial charge is 0.255 e. The Morgan fingerprint density at radius 1 is 1.40 bits per heavy atom. The number of aromatic nitrogens is 2. The molecule has 0 spiro atoms. The highest BCUT2D eigenvalue weighted by atomic mass is 35.5. The second-order valence-electron chi connectivity index (χ2n) is 5.45. The van der Waals surface area contributed by atoms with Gasteiger partial charge in [-0.3, -0.25) is 4.79 Å². The zero-order valence-corrected chi connectivity index (χ0v) is 12.3. The van der Waals surface area contributed by atoms with Crippen molar-refractivity contribution in [2.45, 2.75) is 45.1 Å². The number of rotatable bonds is 2. The predicted molar refractivity (Wildman–Crippen MR) is 79.3 cm³/mol. The van der Waals surface area contributed by atoms with E-state index >= 15 is 0 Å². The molecular weight excluding hydrogens is 274 g/mol. The summed E-state index contributed by atoms with van der Waals surface area (Å²) in [6, 6.07) is 3.90. The lowest BCUT2D eigenvalue weighted by atomic mass is 9.95. The first-order valence-electron chi connectivity index (χ1n) is 7.10. The van der Waals surface area contributed by atoms with Crippen LogP contribution < -0.4 is 5.32 Å². The van der Waals surface area contributed by atoms with E-state index in [0.717, 1.165) is 18.5 Å². The van der Waals surface area contributed by atoms with E-state index in [4.69, 9.17) is 11.6 Å². The van der Waals surface area contributed by atoms with Crippen molar-refractivity contribution in [2.75, 3.05) is 0 Å². The van der Waals surface area contributed by atoms with Gasteiger partial charge in [-0.25, -0.2) is 4.98 Å². The molecule has 0 radical (unpaired) electrons. The standard InChI is InChI=1S/C15H18ClN3O/c1-10-9-13(16)18-14-12(7-8-19(10)14)15(20)17-11-5-3-2-4-6-11/h7-9,11H,2-6H2,1H3,(H,17,20). The minimum absolute atomic E-state index is 0.0476. The number of nitrogens with one attached hydrogen (secondary N) is 1. The molecule has 1 saturated carbocycles. The summed E-state index contributed by atoms with van der Waals surface area (Å²) in [6.45, 7) is 1.95. The molecule has 0 unspecified atom stereocenters. The van der Waals surface area contributed by atoms with Crippen LogP contribution in [0.5, 0.6) is 0 Å². The van der Waals surface area contributed by atoms with Crippen molar-refractivity contribution in [3.8, 4) is 0 Å². The van der Waals surface area contributed by atoms with Crippen molar-refractivity contribution in [3.05, 3.63) is 34.7 Å². The highest BCUT2D eigenvalue weighted by molar-refractivity contribution is 6.29. The maximum Gasteiger partial charge on any atom is 0.255 e. The number of hydrogen-bond acceptors (Lipinski definition) is 2. The summed E-state index contributed by atoms with van der Waals surface area (Å²) < 4.78 is 1.89. The number of nitrogens with zero attached hydrogens (tertiary/aromatic N) is 2. The molecule has 1 amide bonds. The van der Waals surface area contributed by atoms with Gasteiger partial charge < -0.3 is 9.72 Å². The quantitative estimate of drug-likeness (QED) is 0.863. The molecule has 0 atom stereocenters. The molecule has 5 heteroatoms. The fourth-order valence-corrected chi connectivity index (χ4v) is 3.12. The Balaban J connectivity index is 1.87. The molecule has 4 nitrogen and oxygen atoms in total. The Bertz CT molecular complexity index is 644. The Labute approximate surface area is 123 Å². The van der Waals surface area contributed by atoms with Gasteiger partial charge in [-0.15, -0.1) is 0 Å². The maximum atomic E-state index is 12.4. The lowest BCUT2D eigenvalue weighted by Crippen LogP contribution is -2.36. The molecular formula is C15H18ClN3O. The van der Waals surface area contributed by atoms with Crippen LogP contribution >= 0.6 is 11.6 Å². The van der Waals surface area contributed by atoms with E-state index < -0.39 is 0 Å². The summed E-state index contributed by atoms with van der Waals surface area (Å²) in [7, 11) is 0. The number of hydrogen-bond donors (Lipinski definition) is 1. The average Bonchev–Trinajstić information content (AvgIpc) is 2.84. The molecule has 1 aliphatic carbocycles. The third-order valence-electron chi connectivity index (χ3n) is 3.97. The van der Waals surface area contributed by atoms with E-state index in [1.54, 1.807) is 6.07 Å². The Morgan fingerprint density at radius 3 is 2.90 bits per heavy atom. The van der Waals surface area contributed by atoms with Gasteiger partial charge in [0.25, 0.3) is 5.91 Å². The fraction of sp³-hybridized carbons (Fsp3) is 0.467. The molecule has 2 aromatic heterocycles. The highest BCUT2D eigenvalue weighted by Gasteiger charge is 2.19. The molecule has 2 heterocycles. The Hall–Kier alpha value is -1.55. The third-order valence-corrected chi connectivity index (χ3v) is 4.16. The Kier molecular flexibility index (Phi) is 3.66. The van der Waals surface area contributed by atoms with Crippen LogP contribution in [-0.2, 0) is 0 Å². The summed E-state index contributed by atoms with van der Waals surface area (Å²) in [6.07, 6.45) is 7.69. The molecule has 0 bridgehead atoms. The number of fused-ring (bicyclic) bond motifs is 1. The van der Waals surface area contributed by atoms with Gasteiger partial charge in [0, 0.05) is 17.9 Å². The normalized spacial score (nSPS) is 16.5. The maximum absolute atomic E-state index is 12.4. The molecule has 0 aromatic carbocycles. The van der Waals surface area contributed by atoms with Crippen molar-refractivity contribution in [3.63, 3.8) is 0 Å². The molecule has 1 aliphatic rings. The zero-order chi connectivity index (χ0) is 14.1. The summed E-state index contributed by atoms with van der Waals surface area (Å²) in [5.74, 6) is -0.0476. The van der Waals surface area contributed by atoms with E-state index in [-0.39, 0.29) is 5.91 Å². The molecule has 106 valence electrons. The van der Waals surface area contributed by atoms with Gasteiger partial charge in [0.15, 0.2) is 5.65 Å². The topological polar surface area (TPSA) is 46.4 Å². The minimum Gasteiger partial charge on any atom is -0.349 e. The van der Waals surface area contributed by atoms with Crippen molar-refractivity contribution < 1.29 is 4.79 Å². The lowest BCUT2D eigenvalue weighted by Gasteiger charge is -2.22. The summed E-state index contributed by atoms with van der Waals surface area (Å²) in [5, 5.41) is 3.53. The number of carbonyl (C=O) groups is 1. The van der Waals surface area contributed by atoms with Gasteiger partial charge in [-0.2, -0.15) is 0 Å². The van der Waals surface area contributed by atoms with Gasteiger partial charge in [-0.05, 0) is 31.9 Å². The van der Waals surface area contributed by atoms with E-state index in [1.807, 2.05) is 23.6 Å². The zero-order valence-electron chi connectivity index (χ0n) is 11.5. The first-order valence-corrected chi connectivity index (χ1v) is 7.48. The molecule has 1 N–H and O–H groups in total. The summed E-state index contributed by atoms with van der Waals surface area (Å²) in [4.78, 5) is 16.7. The van der Waals surface area contributed by atoms with Crippen LogP contribution in [0.4, 0.5) is 0 Å². The van der Waals surface area contributed by atoms with E-state index in [1.165, 1.54) is 19.3 Å². The van der Waals surface area contributed by atoms with E-state index in [0.29, 0.717) is 22.4 Å². The first kappa shape index (κ1) is 13.4. The van der Waals surface area contributed by atoms with E-state index in [2.05, 4.69) is 10.3 Å². The van der Waals surface area contributed by atoms with Crippen molar-refractivity contribution in [1.29, 1.82) is 0 Å². The second-order valence-corrected chi connectivity index (χ2v) is 5.84. The predicted octanol–water partition coefficient (Wildman–Crippen LogP) is 3.36. The summed E-state index contributed by atoms with van der Waals surface area (Å²) in [5.41, 5.74) is 2.20. The van der Waals surface area contributed by atoms with Crippen LogP contribution in [-0.4, -0.2) is 21.3 Å². The molecule has 1 fully saturated rings. The van der Waals surface area contributed by atoms with Gasteiger partial charge in [0.2, 0.25) is 0 Å². The van der Waals surface area contributed by atoms with Gasteiger partial charge in [0.05, 0.1) is 5.56 Å². The fourth-order valence-electron chi connectivity index (χ4n) is 2.89. The Morgan fingerprint density at radius 2 is 2.15 bits per heavy atom. The van der Waals surface area contributed by atoms with Gasteiger partial charge >= 0.3 is 0 Å². The summed E-state index contributed by atoms with van der Waals surface area (Å²) >= 11 is 5.99. The number of halogens is 1. The van der Waals surface area contributed by atoms with Crippen LogP contribution in [0.1, 0.15) is 48.2 Å². The van der Waals surface area contributed by atoms with Gasteiger partial charge in [0.1, 0.15) is 5.15 Å². The monoisotopic (exact) mass is 291 g/mol. The van der Waals surface area contributed by atoms with Crippen LogP contribution in [0.25, 0.3) is 5.65 Å². The number of carbonyl (C=O) groups excluding carboxylic acids is 1. The number of amides is 1. The van der Waals surface area contributed by atoms with Gasteiger partial charge in [-0.1, -0.05) is 30.9 Å². The highest BCUT2D eigenvalue weighted by Crippen LogP contribution is 2.20. The first-order chi connectivity index (χ1) is 9.65. The second kappa shape index (κ2) is 5.44. The van der Waals surface area contributed by atoms with E-state index in [9.17, 15) is 4.79 Å². The van der Waals surface area contributed by atoms with Crippen LogP contribution in [0, 0.1) is 6.92 Å². The van der Waals surface area contributed by atoms with Crippen LogP contribution in [0.15, 0.2) is 18.3 Å². The lowest BCUT2D eigenvalue weighted by molar-refractivity contribution is 0.0929. The van der Waals surface area contributed by atoms with Crippen molar-refractivity contribution in [2.24, 2.45) is 0 Å². The third kappa shape index (κ3) is 2.52. The molecule has 2 aromatic rings. The molecule has 20 heavy (non-hydrogen) atoms. The molecule has 0 saturated heterocycles. The molecule has 0 aliphatic heterocycles. The van der Waals surface area contributed by atoms with Crippen molar-refractivity contribution >= 4 is 23.2 Å². The van der Waals surface area contributed by atoms with Crippen LogP contribution in [0.3, 0.4) is 0 Å². The number of aryl methyl sites for hydroxylation is 1. The largest absolute Gasteiger partial charge is 0.349 e. The van der Waals surface area contributed by atoms with Crippen LogP contribution in [0.2, 0.25) is 5.15 Å². The SMILES string of the molecule is Cc1cc(Cl)nc2c(C(=O)NC3CCCCC3)ccn12. The van der Waals surface area contributed by atoms with Crippen molar-refractivity contribution in [1.82, 2.24) is 14.7 Å². The minimum atomic E-state index is -0.0476.